The summed E-state index contributed by atoms with van der Waals surface area (Å²) >= 11 is 0. The van der Waals surface area contributed by atoms with Crippen LogP contribution in [0.25, 0.3) is 0 Å². The van der Waals surface area contributed by atoms with Crippen molar-refractivity contribution in [3.63, 3.8) is 0 Å². The molecule has 2 rings (SSSR count). The highest BCUT2D eigenvalue weighted by atomic mass is 19.1. The Morgan fingerprint density at radius 2 is 2.37 bits per heavy atom. The highest BCUT2D eigenvalue weighted by molar-refractivity contribution is 5.34. The molecule has 1 N–H and O–H groups in total. The standard InChI is InChI=1S/C15H20FN3/c1-18-9-13-3-2-6-19(11-13)10-12-4-5-15(16)14(7-12)8-17/h4-5,7,13,18H,2-3,6,9-11H2,1H3. The predicted octanol–water partition coefficient (Wildman–Crippen LogP) is 2.13. The van der Waals surface area contributed by atoms with Crippen LogP contribution in [-0.4, -0.2) is 31.6 Å². The molecule has 102 valence electrons. The molecule has 0 bridgehead atoms. The van der Waals surface area contributed by atoms with Crippen molar-refractivity contribution in [1.82, 2.24) is 10.2 Å². The first-order chi connectivity index (χ1) is 9.22. The lowest BCUT2D eigenvalue weighted by molar-refractivity contribution is 0.167. The van der Waals surface area contributed by atoms with Crippen LogP contribution < -0.4 is 5.32 Å². The minimum Gasteiger partial charge on any atom is -0.319 e. The van der Waals surface area contributed by atoms with E-state index >= 15 is 0 Å². The number of nitrogens with one attached hydrogen (secondary N) is 1. The van der Waals surface area contributed by atoms with Crippen molar-refractivity contribution in [2.24, 2.45) is 5.92 Å². The molecule has 0 aliphatic carbocycles. The van der Waals surface area contributed by atoms with Gasteiger partial charge in [-0.1, -0.05) is 6.07 Å². The predicted molar refractivity (Wildman–Crippen MR) is 73.0 cm³/mol. The lowest BCUT2D eigenvalue weighted by atomic mass is 9.97. The molecular weight excluding hydrogens is 241 g/mol. The molecule has 0 aromatic heterocycles. The lowest BCUT2D eigenvalue weighted by Gasteiger charge is -2.32. The Kier molecular flexibility index (Phi) is 4.89. The second-order valence-electron chi connectivity index (χ2n) is 5.23. The van der Waals surface area contributed by atoms with Gasteiger partial charge in [0.25, 0.3) is 0 Å². The van der Waals surface area contributed by atoms with Crippen LogP contribution in [0.15, 0.2) is 18.2 Å². The fourth-order valence-corrected chi connectivity index (χ4v) is 2.76. The Bertz CT molecular complexity index is 465. The highest BCUT2D eigenvalue weighted by Gasteiger charge is 2.19. The lowest BCUT2D eigenvalue weighted by Crippen LogP contribution is -2.38. The van der Waals surface area contributed by atoms with Gasteiger partial charge in [0.2, 0.25) is 0 Å². The van der Waals surface area contributed by atoms with Gasteiger partial charge in [0.15, 0.2) is 0 Å². The number of nitrogens with zero attached hydrogens (tertiary/aromatic N) is 2. The molecule has 1 aliphatic heterocycles. The molecule has 1 aliphatic rings. The molecule has 1 unspecified atom stereocenters. The van der Waals surface area contributed by atoms with E-state index < -0.39 is 5.82 Å². The summed E-state index contributed by atoms with van der Waals surface area (Å²) in [5.41, 5.74) is 1.16. The maximum atomic E-state index is 13.3. The van der Waals surface area contributed by atoms with Crippen LogP contribution in [0.3, 0.4) is 0 Å². The Balaban J connectivity index is 1.99. The van der Waals surface area contributed by atoms with E-state index in [0.717, 1.165) is 31.7 Å². The number of benzene rings is 1. The van der Waals surface area contributed by atoms with Crippen molar-refractivity contribution in [3.05, 3.63) is 35.1 Å². The van der Waals surface area contributed by atoms with Crippen molar-refractivity contribution < 1.29 is 4.39 Å². The summed E-state index contributed by atoms with van der Waals surface area (Å²) in [7, 11) is 1.98. The summed E-state index contributed by atoms with van der Waals surface area (Å²) in [6.07, 6.45) is 2.48. The zero-order chi connectivity index (χ0) is 13.7. The molecule has 1 atom stereocenters. The number of hydrogen-bond donors (Lipinski definition) is 1. The molecule has 3 nitrogen and oxygen atoms in total. The van der Waals surface area contributed by atoms with Gasteiger partial charge >= 0.3 is 0 Å². The third-order valence-electron chi connectivity index (χ3n) is 3.65. The largest absolute Gasteiger partial charge is 0.319 e. The van der Waals surface area contributed by atoms with E-state index in [9.17, 15) is 4.39 Å². The maximum Gasteiger partial charge on any atom is 0.140 e. The van der Waals surface area contributed by atoms with Crippen LogP contribution in [0.4, 0.5) is 4.39 Å². The molecule has 1 heterocycles. The van der Waals surface area contributed by atoms with E-state index in [0.29, 0.717) is 5.92 Å². The zero-order valence-corrected chi connectivity index (χ0v) is 11.3. The second-order valence-corrected chi connectivity index (χ2v) is 5.23. The van der Waals surface area contributed by atoms with E-state index in [1.54, 1.807) is 12.1 Å². The van der Waals surface area contributed by atoms with E-state index in [2.05, 4.69) is 10.2 Å². The van der Waals surface area contributed by atoms with E-state index in [1.165, 1.54) is 18.9 Å². The SMILES string of the molecule is CNCC1CCCN(Cc2ccc(F)c(C#N)c2)C1. The maximum absolute atomic E-state index is 13.3. The third kappa shape index (κ3) is 3.76. The minimum absolute atomic E-state index is 0.140. The molecule has 0 radical (unpaired) electrons. The van der Waals surface area contributed by atoms with E-state index in [1.807, 2.05) is 13.1 Å². The average Bonchev–Trinajstić information content (AvgIpc) is 2.42. The van der Waals surface area contributed by atoms with Crippen molar-refractivity contribution in [2.45, 2.75) is 19.4 Å². The van der Waals surface area contributed by atoms with Crippen LogP contribution in [0.2, 0.25) is 0 Å². The number of rotatable bonds is 4. The van der Waals surface area contributed by atoms with Crippen LogP contribution in [0.5, 0.6) is 0 Å². The number of likely N-dealkylation sites (tertiary alicyclic amines) is 1. The fraction of sp³-hybridized carbons (Fsp3) is 0.533. The summed E-state index contributed by atoms with van der Waals surface area (Å²) in [5.74, 6) is 0.257. The molecule has 0 spiro atoms. The Morgan fingerprint density at radius 3 is 3.11 bits per heavy atom. The van der Waals surface area contributed by atoms with Gasteiger partial charge in [-0.25, -0.2) is 4.39 Å². The van der Waals surface area contributed by atoms with Gasteiger partial charge in [-0.05, 0) is 56.6 Å². The first-order valence-electron chi connectivity index (χ1n) is 6.78. The van der Waals surface area contributed by atoms with Gasteiger partial charge in [-0.2, -0.15) is 5.26 Å². The van der Waals surface area contributed by atoms with Crippen molar-refractivity contribution in [2.75, 3.05) is 26.7 Å². The van der Waals surface area contributed by atoms with Crippen LogP contribution in [0, 0.1) is 23.1 Å². The summed E-state index contributed by atoms with van der Waals surface area (Å²) in [5, 5.41) is 12.1. The van der Waals surface area contributed by atoms with Crippen LogP contribution in [-0.2, 0) is 6.54 Å². The van der Waals surface area contributed by atoms with Gasteiger partial charge in [0.05, 0.1) is 5.56 Å². The highest BCUT2D eigenvalue weighted by Crippen LogP contribution is 2.19. The zero-order valence-electron chi connectivity index (χ0n) is 11.3. The summed E-state index contributed by atoms with van der Waals surface area (Å²) in [6.45, 7) is 4.00. The normalized spacial score (nSPS) is 20.2. The Morgan fingerprint density at radius 1 is 1.53 bits per heavy atom. The molecule has 1 aromatic carbocycles. The molecule has 19 heavy (non-hydrogen) atoms. The van der Waals surface area contributed by atoms with Gasteiger partial charge in [0, 0.05) is 13.1 Å². The molecule has 0 amide bonds. The van der Waals surface area contributed by atoms with Crippen LogP contribution >= 0.6 is 0 Å². The van der Waals surface area contributed by atoms with E-state index in [4.69, 9.17) is 5.26 Å². The third-order valence-corrected chi connectivity index (χ3v) is 3.65. The quantitative estimate of drug-likeness (QED) is 0.902. The first-order valence-corrected chi connectivity index (χ1v) is 6.78. The summed E-state index contributed by atoms with van der Waals surface area (Å²) in [4.78, 5) is 2.39. The average molecular weight is 261 g/mol. The van der Waals surface area contributed by atoms with Gasteiger partial charge in [-0.15, -0.1) is 0 Å². The monoisotopic (exact) mass is 261 g/mol. The number of nitriles is 1. The molecule has 1 saturated heterocycles. The molecule has 4 heteroatoms. The number of piperidine rings is 1. The Hall–Kier alpha value is -1.44. The smallest absolute Gasteiger partial charge is 0.140 e. The topological polar surface area (TPSA) is 39.1 Å². The molecule has 1 aromatic rings. The minimum atomic E-state index is -0.432. The molecule has 1 fully saturated rings. The van der Waals surface area contributed by atoms with Gasteiger partial charge in [-0.3, -0.25) is 4.90 Å². The second kappa shape index (κ2) is 6.65. The summed E-state index contributed by atoms with van der Waals surface area (Å²) < 4.78 is 13.3. The van der Waals surface area contributed by atoms with E-state index in [-0.39, 0.29) is 5.56 Å². The Labute approximate surface area is 114 Å². The number of halogens is 1. The molecule has 0 saturated carbocycles. The number of hydrogen-bond acceptors (Lipinski definition) is 3. The summed E-state index contributed by atoms with van der Waals surface area (Å²) in [6, 6.07) is 6.73. The van der Waals surface area contributed by atoms with Crippen molar-refractivity contribution >= 4 is 0 Å². The van der Waals surface area contributed by atoms with Gasteiger partial charge < -0.3 is 5.32 Å². The van der Waals surface area contributed by atoms with Crippen molar-refractivity contribution in [3.8, 4) is 6.07 Å². The van der Waals surface area contributed by atoms with Crippen molar-refractivity contribution in [1.29, 1.82) is 5.26 Å². The van der Waals surface area contributed by atoms with Gasteiger partial charge in [0.1, 0.15) is 11.9 Å². The first kappa shape index (κ1) is 14.0. The van der Waals surface area contributed by atoms with Crippen LogP contribution in [0.1, 0.15) is 24.0 Å². The fourth-order valence-electron chi connectivity index (χ4n) is 2.76. The molecular formula is C15H20FN3.